The van der Waals surface area contributed by atoms with Gasteiger partial charge in [-0.05, 0) is 19.1 Å². The van der Waals surface area contributed by atoms with E-state index in [1.165, 1.54) is 27.4 Å². The van der Waals surface area contributed by atoms with Crippen LogP contribution in [0.3, 0.4) is 0 Å². The van der Waals surface area contributed by atoms with Gasteiger partial charge in [0.05, 0.1) is 0 Å². The van der Waals surface area contributed by atoms with Gasteiger partial charge in [0.2, 0.25) is 0 Å². The number of fused-ring (bicyclic) bond motifs is 3. The Bertz CT molecular complexity index is 804. The van der Waals surface area contributed by atoms with Crippen molar-refractivity contribution in [1.82, 2.24) is 4.57 Å². The Morgan fingerprint density at radius 1 is 0.565 bits per heavy atom. The molecule has 4 aromatic rings. The van der Waals surface area contributed by atoms with Crippen LogP contribution in [0.5, 0.6) is 0 Å². The van der Waals surface area contributed by atoms with Crippen molar-refractivity contribution in [2.45, 2.75) is 20.8 Å². The maximum absolute atomic E-state index is 2.24. The first-order chi connectivity index (χ1) is 11.3. The van der Waals surface area contributed by atoms with E-state index in [1.54, 1.807) is 0 Å². The van der Waals surface area contributed by atoms with Gasteiger partial charge in [0.1, 0.15) is 0 Å². The summed E-state index contributed by atoms with van der Waals surface area (Å²) < 4.78 is 2.24. The summed E-state index contributed by atoms with van der Waals surface area (Å²) >= 11 is 0. The van der Waals surface area contributed by atoms with Crippen LogP contribution in [0.1, 0.15) is 19.4 Å². The van der Waals surface area contributed by atoms with Crippen molar-refractivity contribution < 1.29 is 0 Å². The van der Waals surface area contributed by atoms with Gasteiger partial charge < -0.3 is 4.57 Å². The second kappa shape index (κ2) is 8.19. The highest BCUT2D eigenvalue weighted by atomic mass is 14.9. The number of aromatic nitrogens is 1. The van der Waals surface area contributed by atoms with E-state index in [0.29, 0.717) is 0 Å². The molecule has 1 aromatic heterocycles. The van der Waals surface area contributed by atoms with E-state index < -0.39 is 0 Å². The van der Waals surface area contributed by atoms with Gasteiger partial charge in [-0.3, -0.25) is 0 Å². The van der Waals surface area contributed by atoms with Gasteiger partial charge in [-0.1, -0.05) is 86.1 Å². The lowest BCUT2D eigenvalue weighted by atomic mass is 10.2. The average molecular weight is 303 g/mol. The molecule has 0 N–H and O–H groups in total. The Morgan fingerprint density at radius 3 is 1.35 bits per heavy atom. The normalized spacial score (nSPS) is 9.74. The van der Waals surface area contributed by atoms with Crippen LogP contribution in [0.2, 0.25) is 0 Å². The molecule has 0 bridgehead atoms. The molecule has 3 aromatic carbocycles. The predicted molar refractivity (Wildman–Crippen MR) is 103 cm³/mol. The zero-order valence-corrected chi connectivity index (χ0v) is 14.5. The van der Waals surface area contributed by atoms with Crippen LogP contribution in [0.4, 0.5) is 0 Å². The zero-order chi connectivity index (χ0) is 16.7. The van der Waals surface area contributed by atoms with E-state index in [-0.39, 0.29) is 0 Å². The van der Waals surface area contributed by atoms with Gasteiger partial charge in [-0.15, -0.1) is 0 Å². The largest absolute Gasteiger partial charge is 0.344 e. The van der Waals surface area contributed by atoms with Gasteiger partial charge in [-0.2, -0.15) is 0 Å². The molecule has 1 heterocycles. The minimum absolute atomic E-state index is 1.30. The summed E-state index contributed by atoms with van der Waals surface area (Å²) in [4.78, 5) is 0. The standard InChI is InChI=1S/C13H11N.C7H8.C2H6/c1-14-12-8-4-2-6-10(12)11-7-3-5-9-13(11)14;1-7-5-3-2-4-6-7;1-2/h2-9H,1H3;2-6H,1H3;1-2H3. The monoisotopic (exact) mass is 303 g/mol. The Hall–Kier alpha value is -2.54. The smallest absolute Gasteiger partial charge is 0.0488 e. The van der Waals surface area contributed by atoms with E-state index in [1.807, 2.05) is 32.0 Å². The second-order valence-electron chi connectivity index (χ2n) is 5.25. The van der Waals surface area contributed by atoms with Crippen molar-refractivity contribution in [3.05, 3.63) is 84.4 Å². The van der Waals surface area contributed by atoms with Crippen LogP contribution in [0.15, 0.2) is 78.9 Å². The fraction of sp³-hybridized carbons (Fsp3) is 0.182. The van der Waals surface area contributed by atoms with Crippen LogP contribution >= 0.6 is 0 Å². The van der Waals surface area contributed by atoms with Crippen molar-refractivity contribution in [1.29, 1.82) is 0 Å². The summed E-state index contributed by atoms with van der Waals surface area (Å²) in [5.41, 5.74) is 3.92. The molecule has 1 nitrogen and oxygen atoms in total. The number of benzene rings is 3. The molecular weight excluding hydrogens is 278 g/mol. The van der Waals surface area contributed by atoms with Gasteiger partial charge in [-0.25, -0.2) is 0 Å². The molecule has 0 atom stereocenters. The summed E-state index contributed by atoms with van der Waals surface area (Å²) in [6.07, 6.45) is 0. The lowest BCUT2D eigenvalue weighted by Crippen LogP contribution is -1.84. The molecule has 4 rings (SSSR count). The van der Waals surface area contributed by atoms with E-state index in [0.717, 1.165) is 0 Å². The third-order valence-electron chi connectivity index (χ3n) is 3.76. The van der Waals surface area contributed by atoms with Gasteiger partial charge >= 0.3 is 0 Å². The highest BCUT2D eigenvalue weighted by Crippen LogP contribution is 2.26. The number of aryl methyl sites for hydroxylation is 2. The highest BCUT2D eigenvalue weighted by molar-refractivity contribution is 6.07. The first kappa shape index (κ1) is 16.8. The van der Waals surface area contributed by atoms with Crippen molar-refractivity contribution >= 4 is 21.8 Å². The molecule has 0 amide bonds. The molecule has 1 heteroatoms. The van der Waals surface area contributed by atoms with E-state index in [2.05, 4.69) is 79.2 Å². The molecule has 118 valence electrons. The summed E-state index contributed by atoms with van der Waals surface area (Å²) in [5, 5.41) is 2.68. The second-order valence-corrected chi connectivity index (χ2v) is 5.25. The minimum atomic E-state index is 1.30. The number of nitrogens with zero attached hydrogens (tertiary/aromatic N) is 1. The molecule has 23 heavy (non-hydrogen) atoms. The lowest BCUT2D eigenvalue weighted by Gasteiger charge is -1.95. The van der Waals surface area contributed by atoms with E-state index in [4.69, 9.17) is 0 Å². The predicted octanol–water partition coefficient (Wildman–Crippen LogP) is 6.35. The molecule has 0 radical (unpaired) electrons. The van der Waals surface area contributed by atoms with Gasteiger partial charge in [0.15, 0.2) is 0 Å². The Kier molecular flexibility index (Phi) is 5.99. The summed E-state index contributed by atoms with van der Waals surface area (Å²) in [6, 6.07) is 27.3. The topological polar surface area (TPSA) is 4.93 Å². The SMILES string of the molecule is CC.Cc1ccccc1.Cn1c2ccccc2c2ccccc21. The fourth-order valence-electron chi connectivity index (χ4n) is 2.65. The molecule has 0 unspecified atom stereocenters. The van der Waals surface area contributed by atoms with Crippen LogP contribution in [0, 0.1) is 6.92 Å². The summed E-state index contributed by atoms with van der Waals surface area (Å²) in [7, 11) is 2.12. The third-order valence-corrected chi connectivity index (χ3v) is 3.76. The van der Waals surface area contributed by atoms with Crippen LogP contribution in [0.25, 0.3) is 21.8 Å². The molecule has 0 saturated carbocycles. The summed E-state index contributed by atoms with van der Waals surface area (Å²) in [6.45, 7) is 6.08. The van der Waals surface area contributed by atoms with Crippen molar-refractivity contribution in [2.24, 2.45) is 7.05 Å². The van der Waals surface area contributed by atoms with E-state index >= 15 is 0 Å². The quantitative estimate of drug-likeness (QED) is 0.356. The highest BCUT2D eigenvalue weighted by Gasteiger charge is 2.04. The first-order valence-corrected chi connectivity index (χ1v) is 8.21. The zero-order valence-electron chi connectivity index (χ0n) is 14.5. The third kappa shape index (κ3) is 3.81. The van der Waals surface area contributed by atoms with Crippen molar-refractivity contribution in [2.75, 3.05) is 0 Å². The number of rotatable bonds is 0. The van der Waals surface area contributed by atoms with Crippen LogP contribution < -0.4 is 0 Å². The van der Waals surface area contributed by atoms with Gasteiger partial charge in [0.25, 0.3) is 0 Å². The molecular formula is C22H25N. The number of hydrogen-bond acceptors (Lipinski definition) is 0. The molecule has 0 aliphatic rings. The Morgan fingerprint density at radius 2 is 0.957 bits per heavy atom. The minimum Gasteiger partial charge on any atom is -0.344 e. The fourth-order valence-corrected chi connectivity index (χ4v) is 2.65. The van der Waals surface area contributed by atoms with Crippen molar-refractivity contribution in [3.63, 3.8) is 0 Å². The maximum atomic E-state index is 2.24. The average Bonchev–Trinajstić information content (AvgIpc) is 2.92. The Labute approximate surface area is 139 Å². The first-order valence-electron chi connectivity index (χ1n) is 8.21. The van der Waals surface area contributed by atoms with Crippen LogP contribution in [-0.4, -0.2) is 4.57 Å². The maximum Gasteiger partial charge on any atom is 0.0488 e. The molecule has 0 saturated heterocycles. The molecule has 0 spiro atoms. The van der Waals surface area contributed by atoms with Gasteiger partial charge in [0, 0.05) is 28.9 Å². The van der Waals surface area contributed by atoms with E-state index in [9.17, 15) is 0 Å². The molecule has 0 aliphatic heterocycles. The molecule has 0 fully saturated rings. The Balaban J connectivity index is 0.000000181. The van der Waals surface area contributed by atoms with Crippen molar-refractivity contribution in [3.8, 4) is 0 Å². The summed E-state index contributed by atoms with van der Waals surface area (Å²) in [5.74, 6) is 0. The number of hydrogen-bond donors (Lipinski definition) is 0. The lowest BCUT2D eigenvalue weighted by molar-refractivity contribution is 1.01. The molecule has 0 aliphatic carbocycles. The van der Waals surface area contributed by atoms with Crippen LogP contribution in [-0.2, 0) is 7.05 Å². The number of para-hydroxylation sites is 2.